The summed E-state index contributed by atoms with van der Waals surface area (Å²) in [7, 11) is 0. The number of hydrogen-bond donors (Lipinski definition) is 1. The molecule has 0 unspecified atom stereocenters. The first-order valence-electron chi connectivity index (χ1n) is 6.68. The molecule has 2 heterocycles. The molecule has 5 heteroatoms. The van der Waals surface area contributed by atoms with Crippen molar-refractivity contribution in [1.29, 1.82) is 0 Å². The smallest absolute Gasteiger partial charge is 0.267 e. The van der Waals surface area contributed by atoms with Crippen LogP contribution < -0.4 is 15.2 Å². The summed E-state index contributed by atoms with van der Waals surface area (Å²) in [6.07, 6.45) is 1.44. The van der Waals surface area contributed by atoms with E-state index in [2.05, 4.69) is 0 Å². The molecule has 0 bridgehead atoms. The molecule has 19 heavy (non-hydrogen) atoms. The van der Waals surface area contributed by atoms with Gasteiger partial charge in [0.2, 0.25) is 6.10 Å². The zero-order chi connectivity index (χ0) is 13.2. The summed E-state index contributed by atoms with van der Waals surface area (Å²) in [5, 5.41) is 0. The number of ether oxygens (including phenoxy) is 2. The molecule has 0 radical (unpaired) electrons. The molecule has 5 nitrogen and oxygen atoms in total. The Morgan fingerprint density at radius 1 is 1.37 bits per heavy atom. The maximum atomic E-state index is 12.4. The van der Waals surface area contributed by atoms with E-state index in [0.717, 1.165) is 19.4 Å². The van der Waals surface area contributed by atoms with Gasteiger partial charge in [0.15, 0.2) is 11.5 Å². The van der Waals surface area contributed by atoms with E-state index in [1.54, 1.807) is 0 Å². The SMILES string of the molecule is NC[C@@H]1CCCN1C(=O)[C@H]1COc2ccccc2O1. The summed E-state index contributed by atoms with van der Waals surface area (Å²) in [5.74, 6) is 1.32. The molecule has 102 valence electrons. The molecule has 1 aromatic carbocycles. The minimum absolute atomic E-state index is 0.0116. The van der Waals surface area contributed by atoms with E-state index in [0.29, 0.717) is 18.0 Å². The van der Waals surface area contributed by atoms with Crippen molar-refractivity contribution in [3.8, 4) is 11.5 Å². The van der Waals surface area contributed by atoms with Crippen LogP contribution in [0.3, 0.4) is 0 Å². The second-order valence-corrected chi connectivity index (χ2v) is 4.93. The minimum Gasteiger partial charge on any atom is -0.485 e. The molecule has 3 rings (SSSR count). The summed E-state index contributed by atoms with van der Waals surface area (Å²) in [6.45, 7) is 1.54. The maximum Gasteiger partial charge on any atom is 0.267 e. The zero-order valence-corrected chi connectivity index (χ0v) is 10.7. The number of para-hydroxylation sites is 2. The number of nitrogens with zero attached hydrogens (tertiary/aromatic N) is 1. The lowest BCUT2D eigenvalue weighted by Gasteiger charge is -2.31. The Hall–Kier alpha value is -1.75. The first-order valence-corrected chi connectivity index (χ1v) is 6.68. The van der Waals surface area contributed by atoms with Crippen molar-refractivity contribution >= 4 is 5.91 Å². The quantitative estimate of drug-likeness (QED) is 0.855. The maximum absolute atomic E-state index is 12.4. The predicted molar refractivity (Wildman–Crippen MR) is 70.1 cm³/mol. The highest BCUT2D eigenvalue weighted by Gasteiger charge is 2.35. The molecular formula is C14H18N2O3. The van der Waals surface area contributed by atoms with Gasteiger partial charge in [-0.1, -0.05) is 12.1 Å². The van der Waals surface area contributed by atoms with Crippen molar-refractivity contribution in [2.75, 3.05) is 19.7 Å². The largest absolute Gasteiger partial charge is 0.485 e. The van der Waals surface area contributed by atoms with Crippen LogP contribution in [0, 0.1) is 0 Å². The van der Waals surface area contributed by atoms with Crippen molar-refractivity contribution in [1.82, 2.24) is 4.90 Å². The molecule has 0 saturated carbocycles. The highest BCUT2D eigenvalue weighted by atomic mass is 16.6. The van der Waals surface area contributed by atoms with Crippen molar-refractivity contribution in [3.63, 3.8) is 0 Å². The van der Waals surface area contributed by atoms with E-state index in [-0.39, 0.29) is 18.6 Å². The third kappa shape index (κ3) is 2.26. The van der Waals surface area contributed by atoms with Crippen LogP contribution in [-0.4, -0.2) is 42.6 Å². The summed E-state index contributed by atoms with van der Waals surface area (Å²) in [5.41, 5.74) is 5.70. The number of nitrogens with two attached hydrogens (primary N) is 1. The van der Waals surface area contributed by atoms with Gasteiger partial charge in [0.1, 0.15) is 6.61 Å². The molecule has 2 atom stereocenters. The summed E-state index contributed by atoms with van der Waals surface area (Å²) in [4.78, 5) is 14.3. The normalized spacial score (nSPS) is 25.4. The van der Waals surface area contributed by atoms with Crippen molar-refractivity contribution in [2.24, 2.45) is 5.73 Å². The fraction of sp³-hybridized carbons (Fsp3) is 0.500. The highest BCUT2D eigenvalue weighted by Crippen LogP contribution is 2.31. The molecule has 0 spiro atoms. The van der Waals surface area contributed by atoms with Crippen LogP contribution in [0.25, 0.3) is 0 Å². The molecule has 1 aromatic rings. The average Bonchev–Trinajstić information content (AvgIpc) is 2.94. The van der Waals surface area contributed by atoms with E-state index in [1.807, 2.05) is 29.2 Å². The molecule has 2 N–H and O–H groups in total. The Morgan fingerprint density at radius 3 is 2.95 bits per heavy atom. The lowest BCUT2D eigenvalue weighted by Crippen LogP contribution is -2.49. The summed E-state index contributed by atoms with van der Waals surface area (Å²) < 4.78 is 11.3. The Bertz CT molecular complexity index is 478. The minimum atomic E-state index is -0.554. The topological polar surface area (TPSA) is 64.8 Å². The van der Waals surface area contributed by atoms with E-state index in [1.165, 1.54) is 0 Å². The van der Waals surface area contributed by atoms with Crippen molar-refractivity contribution in [3.05, 3.63) is 24.3 Å². The second-order valence-electron chi connectivity index (χ2n) is 4.93. The van der Waals surface area contributed by atoms with Gasteiger partial charge in [0.25, 0.3) is 5.91 Å². The van der Waals surface area contributed by atoms with Crippen LogP contribution in [0.15, 0.2) is 24.3 Å². The third-order valence-electron chi connectivity index (χ3n) is 3.72. The van der Waals surface area contributed by atoms with Gasteiger partial charge in [0, 0.05) is 19.1 Å². The number of fused-ring (bicyclic) bond motifs is 1. The lowest BCUT2D eigenvalue weighted by molar-refractivity contribution is -0.141. The standard InChI is InChI=1S/C14H18N2O3/c15-8-10-4-3-7-16(10)14(17)13-9-18-11-5-1-2-6-12(11)19-13/h1-2,5-6,10,13H,3-4,7-9,15H2/t10-,13+/m0/s1. The predicted octanol–water partition coefficient (Wildman–Crippen LogP) is 0.776. The number of carbonyl (C=O) groups is 1. The van der Waals surface area contributed by atoms with Crippen LogP contribution >= 0.6 is 0 Å². The van der Waals surface area contributed by atoms with Crippen molar-refractivity contribution < 1.29 is 14.3 Å². The van der Waals surface area contributed by atoms with Gasteiger partial charge < -0.3 is 20.1 Å². The monoisotopic (exact) mass is 262 g/mol. The number of amides is 1. The zero-order valence-electron chi connectivity index (χ0n) is 10.7. The van der Waals surface area contributed by atoms with Gasteiger partial charge >= 0.3 is 0 Å². The van der Waals surface area contributed by atoms with Gasteiger partial charge in [-0.15, -0.1) is 0 Å². The van der Waals surface area contributed by atoms with Crippen LogP contribution in [0.4, 0.5) is 0 Å². The molecule has 1 fully saturated rings. The average molecular weight is 262 g/mol. The van der Waals surface area contributed by atoms with Gasteiger partial charge in [-0.05, 0) is 25.0 Å². The second kappa shape index (κ2) is 5.09. The van der Waals surface area contributed by atoms with Gasteiger partial charge in [-0.3, -0.25) is 4.79 Å². The number of benzene rings is 1. The van der Waals surface area contributed by atoms with Gasteiger partial charge in [-0.2, -0.15) is 0 Å². The van der Waals surface area contributed by atoms with Crippen LogP contribution in [0.5, 0.6) is 11.5 Å². The molecule has 1 amide bonds. The Labute approximate surface area is 112 Å². The Morgan fingerprint density at radius 2 is 2.16 bits per heavy atom. The number of carbonyl (C=O) groups excluding carboxylic acids is 1. The Kier molecular flexibility index (Phi) is 3.29. The first kappa shape index (κ1) is 12.3. The van der Waals surface area contributed by atoms with Crippen LogP contribution in [0.1, 0.15) is 12.8 Å². The molecule has 0 aromatic heterocycles. The summed E-state index contributed by atoms with van der Waals surface area (Å²) in [6, 6.07) is 7.56. The molecular weight excluding hydrogens is 244 g/mol. The lowest BCUT2D eigenvalue weighted by atomic mass is 10.2. The first-order chi connectivity index (χ1) is 9.29. The van der Waals surface area contributed by atoms with Gasteiger partial charge in [0.05, 0.1) is 0 Å². The van der Waals surface area contributed by atoms with E-state index < -0.39 is 6.10 Å². The third-order valence-corrected chi connectivity index (χ3v) is 3.72. The number of rotatable bonds is 2. The fourth-order valence-corrected chi connectivity index (χ4v) is 2.70. The van der Waals surface area contributed by atoms with E-state index >= 15 is 0 Å². The van der Waals surface area contributed by atoms with Crippen LogP contribution in [-0.2, 0) is 4.79 Å². The molecule has 1 saturated heterocycles. The summed E-state index contributed by atoms with van der Waals surface area (Å²) >= 11 is 0. The Balaban J connectivity index is 1.72. The fourth-order valence-electron chi connectivity index (χ4n) is 2.70. The molecule has 2 aliphatic rings. The highest BCUT2D eigenvalue weighted by molar-refractivity contribution is 5.82. The van der Waals surface area contributed by atoms with Crippen molar-refractivity contribution in [2.45, 2.75) is 25.0 Å². The number of hydrogen-bond acceptors (Lipinski definition) is 4. The van der Waals surface area contributed by atoms with Gasteiger partial charge in [-0.25, -0.2) is 0 Å². The van der Waals surface area contributed by atoms with E-state index in [9.17, 15) is 4.79 Å². The van der Waals surface area contributed by atoms with E-state index in [4.69, 9.17) is 15.2 Å². The van der Waals surface area contributed by atoms with Crippen LogP contribution in [0.2, 0.25) is 0 Å². The number of likely N-dealkylation sites (tertiary alicyclic amines) is 1. The molecule has 2 aliphatic heterocycles. The molecule has 0 aliphatic carbocycles.